The summed E-state index contributed by atoms with van der Waals surface area (Å²) in [5.41, 5.74) is 7.06. The number of sulfonamides is 1. The second-order valence-corrected chi connectivity index (χ2v) is 7.42. The van der Waals surface area contributed by atoms with Crippen molar-refractivity contribution in [3.8, 4) is 0 Å². The second-order valence-electron chi connectivity index (χ2n) is 5.77. The van der Waals surface area contributed by atoms with Gasteiger partial charge in [-0.15, -0.1) is 0 Å². The van der Waals surface area contributed by atoms with Gasteiger partial charge in [-0.3, -0.25) is 0 Å². The van der Waals surface area contributed by atoms with Crippen LogP contribution in [-0.4, -0.2) is 20.5 Å². The number of nitrogens with two attached hydrogens (primary N) is 1. The SMILES string of the molecule is Cc1ccc(S(=O)(=O)NC(C)(CN)C2CC2)c(C)c1. The van der Waals surface area contributed by atoms with Gasteiger partial charge in [0.25, 0.3) is 0 Å². The summed E-state index contributed by atoms with van der Waals surface area (Å²) in [4.78, 5) is 0.346. The Balaban J connectivity index is 2.32. The van der Waals surface area contributed by atoms with Crippen LogP contribution in [0.15, 0.2) is 23.1 Å². The Kier molecular flexibility index (Phi) is 3.73. The molecule has 0 spiro atoms. The van der Waals surface area contributed by atoms with Crippen molar-refractivity contribution in [1.82, 2.24) is 4.72 Å². The van der Waals surface area contributed by atoms with Crippen LogP contribution < -0.4 is 10.5 Å². The molecule has 1 aliphatic carbocycles. The van der Waals surface area contributed by atoms with Crippen LogP contribution in [0.1, 0.15) is 30.9 Å². The molecule has 1 unspecified atom stereocenters. The summed E-state index contributed by atoms with van der Waals surface area (Å²) in [5, 5.41) is 0. The lowest BCUT2D eigenvalue weighted by Crippen LogP contribution is -2.53. The Bertz CT molecular complexity index is 579. The van der Waals surface area contributed by atoms with Crippen LogP contribution in [-0.2, 0) is 10.0 Å². The molecule has 2 rings (SSSR count). The van der Waals surface area contributed by atoms with Crippen molar-refractivity contribution in [3.05, 3.63) is 29.3 Å². The largest absolute Gasteiger partial charge is 0.329 e. The summed E-state index contributed by atoms with van der Waals surface area (Å²) in [7, 11) is -3.51. The lowest BCUT2D eigenvalue weighted by Gasteiger charge is -2.29. The van der Waals surface area contributed by atoms with E-state index in [-0.39, 0.29) is 0 Å². The van der Waals surface area contributed by atoms with Crippen molar-refractivity contribution < 1.29 is 8.42 Å². The molecule has 4 nitrogen and oxygen atoms in total. The van der Waals surface area contributed by atoms with Gasteiger partial charge in [0.1, 0.15) is 0 Å². The molecule has 1 aliphatic rings. The summed E-state index contributed by atoms with van der Waals surface area (Å²) >= 11 is 0. The Morgan fingerprint density at radius 2 is 2.00 bits per heavy atom. The van der Waals surface area contributed by atoms with Gasteiger partial charge in [0, 0.05) is 12.1 Å². The van der Waals surface area contributed by atoms with Crippen LogP contribution >= 0.6 is 0 Å². The molecule has 0 radical (unpaired) electrons. The fraction of sp³-hybridized carbons (Fsp3) is 0.571. The number of hydrogen-bond acceptors (Lipinski definition) is 3. The Hall–Kier alpha value is -0.910. The highest BCUT2D eigenvalue weighted by Crippen LogP contribution is 2.39. The van der Waals surface area contributed by atoms with E-state index in [2.05, 4.69) is 4.72 Å². The Morgan fingerprint density at radius 3 is 2.47 bits per heavy atom. The highest BCUT2D eigenvalue weighted by atomic mass is 32.2. The van der Waals surface area contributed by atoms with Gasteiger partial charge in [0.05, 0.1) is 4.90 Å². The highest BCUT2D eigenvalue weighted by Gasteiger charge is 2.43. The normalized spacial score (nSPS) is 19.2. The van der Waals surface area contributed by atoms with Crippen LogP contribution in [0.25, 0.3) is 0 Å². The van der Waals surface area contributed by atoms with Crippen molar-refractivity contribution in [2.45, 2.75) is 44.0 Å². The van der Waals surface area contributed by atoms with Crippen molar-refractivity contribution in [3.63, 3.8) is 0 Å². The van der Waals surface area contributed by atoms with Crippen LogP contribution in [0.3, 0.4) is 0 Å². The van der Waals surface area contributed by atoms with Crippen molar-refractivity contribution in [2.75, 3.05) is 6.54 Å². The van der Waals surface area contributed by atoms with E-state index in [1.165, 1.54) is 0 Å². The molecule has 0 heterocycles. The van der Waals surface area contributed by atoms with Crippen LogP contribution in [0.5, 0.6) is 0 Å². The van der Waals surface area contributed by atoms with E-state index in [1.807, 2.05) is 32.9 Å². The minimum Gasteiger partial charge on any atom is -0.329 e. The molecule has 1 fully saturated rings. The molecular weight excluding hydrogens is 260 g/mol. The number of benzene rings is 1. The molecule has 1 saturated carbocycles. The topological polar surface area (TPSA) is 72.2 Å². The summed E-state index contributed by atoms with van der Waals surface area (Å²) in [5.74, 6) is 0.359. The Labute approximate surface area is 115 Å². The molecule has 106 valence electrons. The summed E-state index contributed by atoms with van der Waals surface area (Å²) in [6.07, 6.45) is 2.09. The third-order valence-electron chi connectivity index (χ3n) is 3.89. The van der Waals surface area contributed by atoms with Crippen molar-refractivity contribution in [2.24, 2.45) is 11.7 Å². The van der Waals surface area contributed by atoms with E-state index < -0.39 is 15.6 Å². The lowest BCUT2D eigenvalue weighted by atomic mass is 9.98. The maximum atomic E-state index is 12.5. The maximum absolute atomic E-state index is 12.5. The summed E-state index contributed by atoms with van der Waals surface area (Å²) < 4.78 is 27.8. The van der Waals surface area contributed by atoms with Crippen molar-refractivity contribution in [1.29, 1.82) is 0 Å². The van der Waals surface area contributed by atoms with Crippen molar-refractivity contribution >= 4 is 10.0 Å². The fourth-order valence-corrected chi connectivity index (χ4v) is 4.18. The van der Waals surface area contributed by atoms with Gasteiger partial charge < -0.3 is 5.73 Å². The average molecular weight is 282 g/mol. The average Bonchev–Trinajstić information content (AvgIpc) is 3.11. The highest BCUT2D eigenvalue weighted by molar-refractivity contribution is 7.89. The first-order chi connectivity index (χ1) is 8.78. The molecule has 0 amide bonds. The van der Waals surface area contributed by atoms with E-state index in [9.17, 15) is 8.42 Å². The first-order valence-electron chi connectivity index (χ1n) is 6.60. The standard InChI is InChI=1S/C14H22N2O2S/c1-10-4-7-13(11(2)8-10)19(17,18)16-14(3,9-15)12-5-6-12/h4,7-8,12,16H,5-6,9,15H2,1-3H3. The van der Waals surface area contributed by atoms with Gasteiger partial charge >= 0.3 is 0 Å². The first-order valence-corrected chi connectivity index (χ1v) is 8.08. The van der Waals surface area contributed by atoms with E-state index >= 15 is 0 Å². The van der Waals surface area contributed by atoms with Gasteiger partial charge in [-0.05, 0) is 51.2 Å². The number of aryl methyl sites for hydroxylation is 2. The third kappa shape index (κ3) is 2.99. The zero-order valence-corrected chi connectivity index (χ0v) is 12.5. The van der Waals surface area contributed by atoms with E-state index in [1.54, 1.807) is 6.07 Å². The van der Waals surface area contributed by atoms with Crippen LogP contribution in [0, 0.1) is 19.8 Å². The monoisotopic (exact) mass is 282 g/mol. The second kappa shape index (κ2) is 4.89. The quantitative estimate of drug-likeness (QED) is 0.863. The molecule has 0 bridgehead atoms. The fourth-order valence-electron chi connectivity index (χ4n) is 2.47. The zero-order chi connectivity index (χ0) is 14.3. The maximum Gasteiger partial charge on any atom is 0.241 e. The van der Waals surface area contributed by atoms with E-state index in [4.69, 9.17) is 5.73 Å². The van der Waals surface area contributed by atoms with Gasteiger partial charge in [-0.1, -0.05) is 17.7 Å². The number of nitrogens with one attached hydrogen (secondary N) is 1. The van der Waals surface area contributed by atoms with Gasteiger partial charge in [0.15, 0.2) is 0 Å². The molecule has 3 N–H and O–H groups in total. The summed E-state index contributed by atoms with van der Waals surface area (Å²) in [6.45, 7) is 5.98. The molecule has 0 saturated heterocycles. The number of rotatable bonds is 5. The third-order valence-corrected chi connectivity index (χ3v) is 5.66. The lowest BCUT2D eigenvalue weighted by molar-refractivity contribution is 0.374. The molecule has 1 atom stereocenters. The van der Waals surface area contributed by atoms with Crippen LogP contribution in [0.4, 0.5) is 0 Å². The van der Waals surface area contributed by atoms with E-state index in [0.29, 0.717) is 17.4 Å². The molecule has 1 aromatic carbocycles. The molecule has 0 aromatic heterocycles. The van der Waals surface area contributed by atoms with Gasteiger partial charge in [0.2, 0.25) is 10.0 Å². The zero-order valence-electron chi connectivity index (χ0n) is 11.7. The van der Waals surface area contributed by atoms with Crippen LogP contribution in [0.2, 0.25) is 0 Å². The van der Waals surface area contributed by atoms with Gasteiger partial charge in [-0.2, -0.15) is 0 Å². The molecular formula is C14H22N2O2S. The predicted molar refractivity (Wildman–Crippen MR) is 76.4 cm³/mol. The molecule has 0 aliphatic heterocycles. The minimum atomic E-state index is -3.51. The predicted octanol–water partition coefficient (Wildman–Crippen LogP) is 1.71. The number of hydrogen-bond donors (Lipinski definition) is 2. The molecule has 5 heteroatoms. The Morgan fingerprint density at radius 1 is 1.37 bits per heavy atom. The molecule has 1 aromatic rings. The van der Waals surface area contributed by atoms with Gasteiger partial charge in [-0.25, -0.2) is 13.1 Å². The van der Waals surface area contributed by atoms with E-state index in [0.717, 1.165) is 24.0 Å². The summed E-state index contributed by atoms with van der Waals surface area (Å²) in [6, 6.07) is 5.36. The first kappa shape index (κ1) is 14.5. The molecule has 19 heavy (non-hydrogen) atoms. The minimum absolute atomic E-state index is 0.321. The smallest absolute Gasteiger partial charge is 0.241 e.